The average Bonchev–Trinajstić information content (AvgIpc) is 2.41. The lowest BCUT2D eigenvalue weighted by Gasteiger charge is -2.13. The summed E-state index contributed by atoms with van der Waals surface area (Å²) in [5.41, 5.74) is 5.40. The molecule has 0 bridgehead atoms. The van der Waals surface area contributed by atoms with Crippen molar-refractivity contribution < 1.29 is 0 Å². The third-order valence-electron chi connectivity index (χ3n) is 3.63. The zero-order chi connectivity index (χ0) is 12.5. The van der Waals surface area contributed by atoms with E-state index in [4.69, 9.17) is 0 Å². The van der Waals surface area contributed by atoms with Gasteiger partial charge in [-0.2, -0.15) is 0 Å². The summed E-state index contributed by atoms with van der Waals surface area (Å²) in [6, 6.07) is 21.5. The summed E-state index contributed by atoms with van der Waals surface area (Å²) < 4.78 is 0. The van der Waals surface area contributed by atoms with Gasteiger partial charge in [-0.3, -0.25) is 0 Å². The second-order valence-corrected chi connectivity index (χ2v) is 4.78. The van der Waals surface area contributed by atoms with Crippen LogP contribution in [0.1, 0.15) is 11.1 Å². The molecular weight excluding hydrogens is 216 g/mol. The fourth-order valence-electron chi connectivity index (χ4n) is 2.57. The summed E-state index contributed by atoms with van der Waals surface area (Å²) in [4.78, 5) is 0. The molecule has 88 valence electrons. The minimum atomic E-state index is 1.30. The molecule has 0 aliphatic rings. The van der Waals surface area contributed by atoms with Gasteiger partial charge in [-0.25, -0.2) is 0 Å². The molecule has 0 radical (unpaired) electrons. The first kappa shape index (κ1) is 11.0. The molecule has 18 heavy (non-hydrogen) atoms. The van der Waals surface area contributed by atoms with Crippen LogP contribution in [0.3, 0.4) is 0 Å². The molecule has 0 amide bonds. The Morgan fingerprint density at radius 2 is 1.39 bits per heavy atom. The Labute approximate surface area is 108 Å². The predicted molar refractivity (Wildman–Crippen MR) is 78.9 cm³/mol. The van der Waals surface area contributed by atoms with Crippen LogP contribution < -0.4 is 0 Å². The molecule has 0 heteroatoms. The van der Waals surface area contributed by atoms with Gasteiger partial charge in [0.05, 0.1) is 0 Å². The first-order chi connectivity index (χ1) is 8.77. The van der Waals surface area contributed by atoms with Gasteiger partial charge in [-0.05, 0) is 46.9 Å². The van der Waals surface area contributed by atoms with Crippen molar-refractivity contribution in [3.05, 3.63) is 71.8 Å². The number of fused-ring (bicyclic) bond motifs is 1. The smallest absolute Gasteiger partial charge is 0.00735 e. The van der Waals surface area contributed by atoms with Crippen molar-refractivity contribution in [3.8, 4) is 11.1 Å². The quantitative estimate of drug-likeness (QED) is 0.546. The first-order valence-electron chi connectivity index (χ1n) is 6.32. The Hall–Kier alpha value is -2.08. The first-order valence-corrected chi connectivity index (χ1v) is 6.32. The molecule has 0 N–H and O–H groups in total. The van der Waals surface area contributed by atoms with Crippen LogP contribution in [0.2, 0.25) is 0 Å². The van der Waals surface area contributed by atoms with Crippen molar-refractivity contribution in [3.63, 3.8) is 0 Å². The van der Waals surface area contributed by atoms with Crippen molar-refractivity contribution >= 4 is 10.8 Å². The number of aryl methyl sites for hydroxylation is 1. The van der Waals surface area contributed by atoms with Gasteiger partial charge in [0.15, 0.2) is 0 Å². The average molecular weight is 232 g/mol. The minimum absolute atomic E-state index is 1.30. The SMILES string of the molecule is Cc1cc2ccccc2c(-c2ccccc2)c1C. The molecule has 3 rings (SSSR count). The summed E-state index contributed by atoms with van der Waals surface area (Å²) in [6.45, 7) is 4.40. The molecule has 0 heterocycles. The van der Waals surface area contributed by atoms with E-state index in [0.717, 1.165) is 0 Å². The highest BCUT2D eigenvalue weighted by atomic mass is 14.1. The molecule has 0 spiro atoms. The highest BCUT2D eigenvalue weighted by Gasteiger charge is 2.08. The van der Waals surface area contributed by atoms with Gasteiger partial charge >= 0.3 is 0 Å². The fourth-order valence-corrected chi connectivity index (χ4v) is 2.57. The van der Waals surface area contributed by atoms with Crippen molar-refractivity contribution in [2.75, 3.05) is 0 Å². The Balaban J connectivity index is 2.43. The van der Waals surface area contributed by atoms with Gasteiger partial charge in [0.2, 0.25) is 0 Å². The van der Waals surface area contributed by atoms with Crippen molar-refractivity contribution in [1.29, 1.82) is 0 Å². The molecule has 0 unspecified atom stereocenters. The van der Waals surface area contributed by atoms with Crippen LogP contribution in [0.25, 0.3) is 21.9 Å². The van der Waals surface area contributed by atoms with E-state index in [0.29, 0.717) is 0 Å². The zero-order valence-electron chi connectivity index (χ0n) is 10.8. The van der Waals surface area contributed by atoms with Gasteiger partial charge < -0.3 is 0 Å². The molecular formula is C18H16. The normalized spacial score (nSPS) is 10.8. The minimum Gasteiger partial charge on any atom is -0.0622 e. The van der Waals surface area contributed by atoms with Crippen LogP contribution in [0.15, 0.2) is 60.7 Å². The maximum Gasteiger partial charge on any atom is -0.00735 e. The highest BCUT2D eigenvalue weighted by Crippen LogP contribution is 2.33. The predicted octanol–water partition coefficient (Wildman–Crippen LogP) is 5.12. The van der Waals surface area contributed by atoms with Gasteiger partial charge in [-0.15, -0.1) is 0 Å². The molecule has 0 aliphatic carbocycles. The Morgan fingerprint density at radius 3 is 2.17 bits per heavy atom. The van der Waals surface area contributed by atoms with E-state index in [1.165, 1.54) is 33.0 Å². The zero-order valence-corrected chi connectivity index (χ0v) is 10.8. The number of rotatable bonds is 1. The molecule has 0 nitrogen and oxygen atoms in total. The van der Waals surface area contributed by atoms with Crippen LogP contribution >= 0.6 is 0 Å². The fraction of sp³-hybridized carbons (Fsp3) is 0.111. The van der Waals surface area contributed by atoms with Crippen LogP contribution in [0.5, 0.6) is 0 Å². The second-order valence-electron chi connectivity index (χ2n) is 4.78. The van der Waals surface area contributed by atoms with Gasteiger partial charge in [-0.1, -0.05) is 60.7 Å². The van der Waals surface area contributed by atoms with Crippen molar-refractivity contribution in [2.45, 2.75) is 13.8 Å². The van der Waals surface area contributed by atoms with Gasteiger partial charge in [0.25, 0.3) is 0 Å². The Morgan fingerprint density at radius 1 is 0.722 bits per heavy atom. The number of benzene rings is 3. The largest absolute Gasteiger partial charge is 0.0622 e. The highest BCUT2D eigenvalue weighted by molar-refractivity contribution is 5.99. The van der Waals surface area contributed by atoms with E-state index >= 15 is 0 Å². The maximum atomic E-state index is 2.27. The third kappa shape index (κ3) is 1.70. The maximum absolute atomic E-state index is 2.27. The van der Waals surface area contributed by atoms with Crippen molar-refractivity contribution in [1.82, 2.24) is 0 Å². The summed E-state index contributed by atoms with van der Waals surface area (Å²) in [5.74, 6) is 0. The molecule has 0 fully saturated rings. The lowest BCUT2D eigenvalue weighted by Crippen LogP contribution is -1.90. The Kier molecular flexibility index (Phi) is 2.64. The van der Waals surface area contributed by atoms with Crippen LogP contribution in [0, 0.1) is 13.8 Å². The van der Waals surface area contributed by atoms with Gasteiger partial charge in [0.1, 0.15) is 0 Å². The number of hydrogen-bond acceptors (Lipinski definition) is 0. The van der Waals surface area contributed by atoms with E-state index in [-0.39, 0.29) is 0 Å². The topological polar surface area (TPSA) is 0 Å². The van der Waals surface area contributed by atoms with Gasteiger partial charge in [0, 0.05) is 0 Å². The molecule has 0 aliphatic heterocycles. The van der Waals surface area contributed by atoms with Crippen LogP contribution in [-0.2, 0) is 0 Å². The summed E-state index contributed by atoms with van der Waals surface area (Å²) >= 11 is 0. The standard InChI is InChI=1S/C18H16/c1-13-12-16-10-6-7-11-17(16)18(14(13)2)15-8-4-3-5-9-15/h3-12H,1-2H3. The van der Waals surface area contributed by atoms with Crippen LogP contribution in [-0.4, -0.2) is 0 Å². The molecule has 0 saturated carbocycles. The Bertz CT molecular complexity index is 694. The monoisotopic (exact) mass is 232 g/mol. The van der Waals surface area contributed by atoms with E-state index in [9.17, 15) is 0 Å². The summed E-state index contributed by atoms with van der Waals surface area (Å²) in [7, 11) is 0. The lowest BCUT2D eigenvalue weighted by atomic mass is 9.91. The van der Waals surface area contributed by atoms with E-state index in [1.54, 1.807) is 0 Å². The lowest BCUT2D eigenvalue weighted by molar-refractivity contribution is 1.36. The number of hydrogen-bond donors (Lipinski definition) is 0. The van der Waals surface area contributed by atoms with E-state index < -0.39 is 0 Å². The second kappa shape index (κ2) is 4.30. The van der Waals surface area contributed by atoms with Crippen molar-refractivity contribution in [2.24, 2.45) is 0 Å². The molecule has 3 aromatic carbocycles. The summed E-state index contributed by atoms with van der Waals surface area (Å²) in [6.07, 6.45) is 0. The molecule has 3 aromatic rings. The molecule has 0 aromatic heterocycles. The van der Waals surface area contributed by atoms with Crippen LogP contribution in [0.4, 0.5) is 0 Å². The van der Waals surface area contributed by atoms with E-state index in [2.05, 4.69) is 74.5 Å². The molecule has 0 atom stereocenters. The summed E-state index contributed by atoms with van der Waals surface area (Å²) in [5, 5.41) is 2.66. The molecule has 0 saturated heterocycles. The van der Waals surface area contributed by atoms with E-state index in [1.807, 2.05) is 0 Å². The third-order valence-corrected chi connectivity index (χ3v) is 3.63.